The summed E-state index contributed by atoms with van der Waals surface area (Å²) in [4.78, 5) is 45.6. The number of carbonyl (C=O) groups is 2. The molecule has 4 aromatic rings. The highest BCUT2D eigenvalue weighted by Crippen LogP contribution is 2.30. The van der Waals surface area contributed by atoms with Gasteiger partial charge in [0.1, 0.15) is 11.8 Å². The first-order chi connectivity index (χ1) is 22.6. The maximum Gasteiger partial charge on any atom is 0.344 e. The summed E-state index contributed by atoms with van der Waals surface area (Å²) in [7, 11) is -0.950. The molecule has 2 amide bonds. The van der Waals surface area contributed by atoms with Crippen molar-refractivity contribution in [3.05, 3.63) is 94.4 Å². The lowest BCUT2D eigenvalue weighted by Gasteiger charge is -2.29. The molecule has 2 aliphatic heterocycles. The number of rotatable bonds is 8. The zero-order chi connectivity index (χ0) is 33.3. The van der Waals surface area contributed by atoms with E-state index in [-0.39, 0.29) is 45.9 Å². The fraction of sp³-hybridized carbons (Fsp3) is 0.353. The van der Waals surface area contributed by atoms with Crippen LogP contribution in [-0.2, 0) is 19.6 Å². The van der Waals surface area contributed by atoms with E-state index in [2.05, 4.69) is 10.2 Å². The van der Waals surface area contributed by atoms with Crippen molar-refractivity contribution in [3.63, 3.8) is 0 Å². The molecule has 0 bridgehead atoms. The molecular weight excluding hydrogens is 620 g/mol. The average Bonchev–Trinajstić information content (AvgIpc) is 3.67. The number of nitriles is 1. The van der Waals surface area contributed by atoms with Gasteiger partial charge < -0.3 is 19.9 Å². The number of piperidine rings is 1. The van der Waals surface area contributed by atoms with Gasteiger partial charge in [-0.05, 0) is 87.4 Å². The van der Waals surface area contributed by atoms with Gasteiger partial charge in [-0.1, -0.05) is 30.3 Å². The zero-order valence-corrected chi connectivity index (χ0v) is 27.0. The van der Waals surface area contributed by atoms with E-state index in [1.807, 2.05) is 13.1 Å². The summed E-state index contributed by atoms with van der Waals surface area (Å²) in [5, 5.41) is 12.8. The Balaban J connectivity index is 1.40. The number of hydrogen-bond donors (Lipinski definition) is 1. The highest BCUT2D eigenvalue weighted by atomic mass is 32.2. The number of benzene rings is 3. The van der Waals surface area contributed by atoms with Crippen LogP contribution in [0.2, 0.25) is 0 Å². The van der Waals surface area contributed by atoms with Crippen LogP contribution in [-0.4, -0.2) is 84.9 Å². The number of nitrogens with zero attached hydrogens (tertiary/aromatic N) is 5. The molecule has 0 radical (unpaired) electrons. The van der Waals surface area contributed by atoms with E-state index in [0.29, 0.717) is 28.3 Å². The second-order valence-electron chi connectivity index (χ2n) is 12.1. The van der Waals surface area contributed by atoms with Gasteiger partial charge in [-0.2, -0.15) is 9.23 Å². The number of nitrogens with one attached hydrogen (secondary N) is 1. The lowest BCUT2D eigenvalue weighted by molar-refractivity contribution is -0.133. The highest BCUT2D eigenvalue weighted by Gasteiger charge is 2.38. The van der Waals surface area contributed by atoms with Gasteiger partial charge in [0, 0.05) is 25.0 Å². The van der Waals surface area contributed by atoms with Crippen molar-refractivity contribution in [2.75, 3.05) is 40.3 Å². The second-order valence-corrected chi connectivity index (χ2v) is 13.9. The molecule has 47 heavy (non-hydrogen) atoms. The predicted molar refractivity (Wildman–Crippen MR) is 174 cm³/mol. The van der Waals surface area contributed by atoms with Crippen LogP contribution < -0.4 is 15.7 Å². The number of likely N-dealkylation sites (tertiary alicyclic amines) is 2. The molecule has 244 valence electrons. The van der Waals surface area contributed by atoms with E-state index < -0.39 is 27.7 Å². The number of fused-ring (bicyclic) bond motifs is 1. The number of aromatic nitrogens is 2. The number of imidazole rings is 1. The molecule has 6 rings (SSSR count). The Morgan fingerprint density at radius 3 is 2.32 bits per heavy atom. The molecule has 2 aliphatic rings. The summed E-state index contributed by atoms with van der Waals surface area (Å²) < 4.78 is 35.1. The second kappa shape index (κ2) is 13.1. The quantitative estimate of drug-likeness (QED) is 0.305. The molecule has 0 saturated carbocycles. The molecule has 0 spiro atoms. The van der Waals surface area contributed by atoms with Crippen molar-refractivity contribution < 1.29 is 22.7 Å². The minimum absolute atomic E-state index is 0.0101. The van der Waals surface area contributed by atoms with Gasteiger partial charge in [-0.15, -0.1) is 0 Å². The summed E-state index contributed by atoms with van der Waals surface area (Å²) in [5.41, 5.74) is -0.119. The average molecular weight is 657 g/mol. The number of hydrogen-bond acceptors (Lipinski definition) is 8. The van der Waals surface area contributed by atoms with Gasteiger partial charge in [0.15, 0.2) is 0 Å². The summed E-state index contributed by atoms with van der Waals surface area (Å²) in [6, 6.07) is 19.2. The van der Waals surface area contributed by atoms with E-state index in [4.69, 9.17) is 4.74 Å². The van der Waals surface area contributed by atoms with Gasteiger partial charge >= 0.3 is 5.69 Å². The maximum atomic E-state index is 14.5. The monoisotopic (exact) mass is 656 g/mol. The summed E-state index contributed by atoms with van der Waals surface area (Å²) >= 11 is 0. The molecule has 1 unspecified atom stereocenters. The van der Waals surface area contributed by atoms with E-state index in [9.17, 15) is 28.1 Å². The van der Waals surface area contributed by atoms with E-state index >= 15 is 0 Å². The van der Waals surface area contributed by atoms with Crippen molar-refractivity contribution in [1.29, 1.82) is 5.26 Å². The standard InChI is InChI=1S/C34H36N6O6S/c1-37-17-14-25(15-18-37)32(41)36-26-16-19-38(22-26)33(42)31(24-6-4-3-5-7-24)39-30-20-23(21-35)8-13-29(30)40(34(39)43)47(44,45)28-11-9-27(46-2)10-12-28/h3-13,20,25-26,31H,14-19,22H2,1-2H3,(H,36,41)/t26?,31-/m0/s1. The Kier molecular flexibility index (Phi) is 8.90. The van der Waals surface area contributed by atoms with Gasteiger partial charge in [0.2, 0.25) is 5.91 Å². The van der Waals surface area contributed by atoms with E-state index in [0.717, 1.165) is 25.9 Å². The van der Waals surface area contributed by atoms with E-state index in [1.54, 1.807) is 35.2 Å². The SMILES string of the molecule is COc1ccc(S(=O)(=O)n2c(=O)n([C@H](C(=O)N3CCC(NC(=O)C4CCN(C)CC4)C3)c3ccccc3)c3cc(C#N)ccc32)cc1. The van der Waals surface area contributed by atoms with Crippen LogP contribution in [0, 0.1) is 17.2 Å². The molecule has 2 atom stereocenters. The van der Waals surface area contributed by atoms with Gasteiger partial charge in [-0.25, -0.2) is 13.2 Å². The van der Waals surface area contributed by atoms with E-state index in [1.165, 1.54) is 54.1 Å². The minimum atomic E-state index is -4.45. The largest absolute Gasteiger partial charge is 0.497 e. The summed E-state index contributed by atoms with van der Waals surface area (Å²) in [6.07, 6.45) is 2.11. The van der Waals surface area contributed by atoms with Crippen LogP contribution in [0.5, 0.6) is 5.75 Å². The Hall–Kier alpha value is -4.93. The predicted octanol–water partition coefficient (Wildman–Crippen LogP) is 2.57. The molecule has 3 aromatic carbocycles. The van der Waals surface area contributed by atoms with Crippen LogP contribution >= 0.6 is 0 Å². The van der Waals surface area contributed by atoms with Crippen molar-refractivity contribution in [3.8, 4) is 11.8 Å². The fourth-order valence-electron chi connectivity index (χ4n) is 6.47. The number of amides is 2. The first-order valence-corrected chi connectivity index (χ1v) is 17.0. The molecule has 1 aromatic heterocycles. The van der Waals surface area contributed by atoms with Gasteiger partial charge in [-0.3, -0.25) is 14.2 Å². The Labute approximate surface area is 272 Å². The third-order valence-corrected chi connectivity index (χ3v) is 10.8. The van der Waals surface area contributed by atoms with Crippen molar-refractivity contribution in [2.24, 2.45) is 5.92 Å². The lowest BCUT2D eigenvalue weighted by Crippen LogP contribution is -2.45. The molecule has 0 aliphatic carbocycles. The summed E-state index contributed by atoms with van der Waals surface area (Å²) in [6.45, 7) is 2.31. The number of methoxy groups -OCH3 is 1. The molecule has 1 N–H and O–H groups in total. The van der Waals surface area contributed by atoms with Crippen LogP contribution in [0.3, 0.4) is 0 Å². The van der Waals surface area contributed by atoms with Crippen LogP contribution in [0.15, 0.2) is 82.5 Å². The minimum Gasteiger partial charge on any atom is -0.497 e. The lowest BCUT2D eigenvalue weighted by atomic mass is 9.96. The van der Waals surface area contributed by atoms with Crippen LogP contribution in [0.4, 0.5) is 0 Å². The van der Waals surface area contributed by atoms with Gasteiger partial charge in [0.25, 0.3) is 15.9 Å². The normalized spacial score (nSPS) is 18.1. The third-order valence-electron chi connectivity index (χ3n) is 9.10. The molecule has 3 heterocycles. The van der Waals surface area contributed by atoms with Crippen molar-refractivity contribution in [1.82, 2.24) is 23.7 Å². The topological polar surface area (TPSA) is 147 Å². The van der Waals surface area contributed by atoms with Crippen molar-refractivity contribution in [2.45, 2.75) is 36.2 Å². The Bertz CT molecular complexity index is 2010. The Morgan fingerprint density at radius 1 is 0.957 bits per heavy atom. The molecule has 2 fully saturated rings. The molecule has 12 nitrogen and oxygen atoms in total. The zero-order valence-electron chi connectivity index (χ0n) is 26.2. The van der Waals surface area contributed by atoms with Crippen molar-refractivity contribution >= 4 is 32.9 Å². The maximum absolute atomic E-state index is 14.5. The molecule has 2 saturated heterocycles. The Morgan fingerprint density at radius 2 is 1.66 bits per heavy atom. The highest BCUT2D eigenvalue weighted by molar-refractivity contribution is 7.90. The smallest absolute Gasteiger partial charge is 0.344 e. The molecular formula is C34H36N6O6S. The van der Waals surface area contributed by atoms with Crippen LogP contribution in [0.25, 0.3) is 11.0 Å². The first-order valence-electron chi connectivity index (χ1n) is 15.5. The molecule has 13 heteroatoms. The first kappa shape index (κ1) is 32.0. The van der Waals surface area contributed by atoms with Crippen LogP contribution in [0.1, 0.15) is 36.4 Å². The number of carbonyl (C=O) groups excluding carboxylic acids is 2. The number of ether oxygens (including phenoxy) is 1. The fourth-order valence-corrected chi connectivity index (χ4v) is 7.87. The summed E-state index contributed by atoms with van der Waals surface area (Å²) in [5.74, 6) is -0.0556. The van der Waals surface area contributed by atoms with Gasteiger partial charge in [0.05, 0.1) is 34.7 Å². The third kappa shape index (κ3) is 6.14.